The molecule has 0 unspecified atom stereocenters. The molecule has 27 heavy (non-hydrogen) atoms. The minimum absolute atomic E-state index is 0.136. The van der Waals surface area contributed by atoms with Crippen molar-refractivity contribution in [1.29, 1.82) is 0 Å². The van der Waals surface area contributed by atoms with Crippen LogP contribution >= 0.6 is 23.1 Å². The van der Waals surface area contributed by atoms with Crippen LogP contribution in [0.15, 0.2) is 47.9 Å². The zero-order valence-corrected chi connectivity index (χ0v) is 16.6. The highest BCUT2D eigenvalue weighted by Gasteiger charge is 2.23. The van der Waals surface area contributed by atoms with Crippen LogP contribution < -0.4 is 5.32 Å². The SMILES string of the molecule is O=C(CCc1nc2ccccc2s1)NC1CCC(Sc2ncccn2)CC1. The maximum absolute atomic E-state index is 12.3. The fourth-order valence-corrected chi connectivity index (χ4v) is 5.38. The number of hydrogen-bond acceptors (Lipinski definition) is 6. The van der Waals surface area contributed by atoms with Crippen molar-refractivity contribution in [3.63, 3.8) is 0 Å². The molecule has 1 amide bonds. The van der Waals surface area contributed by atoms with Gasteiger partial charge in [0.05, 0.1) is 15.2 Å². The van der Waals surface area contributed by atoms with Gasteiger partial charge in [0, 0.05) is 36.5 Å². The van der Waals surface area contributed by atoms with E-state index in [1.165, 1.54) is 4.70 Å². The van der Waals surface area contributed by atoms with Gasteiger partial charge in [0.25, 0.3) is 0 Å². The van der Waals surface area contributed by atoms with Crippen molar-refractivity contribution in [1.82, 2.24) is 20.3 Å². The number of amides is 1. The van der Waals surface area contributed by atoms with Gasteiger partial charge in [-0.25, -0.2) is 15.0 Å². The Labute approximate surface area is 167 Å². The Morgan fingerprint density at radius 3 is 2.67 bits per heavy atom. The number of thiazole rings is 1. The maximum atomic E-state index is 12.3. The van der Waals surface area contributed by atoms with E-state index in [9.17, 15) is 4.79 Å². The number of benzene rings is 1. The molecule has 0 aliphatic heterocycles. The summed E-state index contributed by atoms with van der Waals surface area (Å²) < 4.78 is 1.19. The molecule has 1 aliphatic carbocycles. The molecular formula is C20H22N4OS2. The molecule has 5 nitrogen and oxygen atoms in total. The second-order valence-electron chi connectivity index (χ2n) is 6.77. The first-order chi connectivity index (χ1) is 13.3. The molecule has 4 rings (SSSR count). The topological polar surface area (TPSA) is 67.8 Å². The highest BCUT2D eigenvalue weighted by molar-refractivity contribution is 7.99. The average molecular weight is 399 g/mol. The van der Waals surface area contributed by atoms with Crippen molar-refractivity contribution in [3.8, 4) is 0 Å². The lowest BCUT2D eigenvalue weighted by molar-refractivity contribution is -0.121. The van der Waals surface area contributed by atoms with Crippen LogP contribution in [-0.2, 0) is 11.2 Å². The van der Waals surface area contributed by atoms with Crippen LogP contribution in [0.25, 0.3) is 10.2 Å². The quantitative estimate of drug-likeness (QED) is 0.629. The molecule has 1 saturated carbocycles. The second kappa shape index (κ2) is 8.80. The number of carbonyl (C=O) groups is 1. The minimum Gasteiger partial charge on any atom is -0.353 e. The summed E-state index contributed by atoms with van der Waals surface area (Å²) in [6.07, 6.45) is 9.01. The summed E-state index contributed by atoms with van der Waals surface area (Å²) in [5.41, 5.74) is 1.02. The third-order valence-electron chi connectivity index (χ3n) is 4.76. The third kappa shape index (κ3) is 5.05. The minimum atomic E-state index is 0.136. The van der Waals surface area contributed by atoms with Gasteiger partial charge in [-0.05, 0) is 43.9 Å². The summed E-state index contributed by atoms with van der Waals surface area (Å²) >= 11 is 3.43. The van der Waals surface area contributed by atoms with E-state index in [0.29, 0.717) is 24.1 Å². The van der Waals surface area contributed by atoms with Gasteiger partial charge in [-0.2, -0.15) is 0 Å². The molecule has 0 bridgehead atoms. The molecule has 3 aromatic rings. The highest BCUT2D eigenvalue weighted by atomic mass is 32.2. The van der Waals surface area contributed by atoms with Crippen LogP contribution in [0.3, 0.4) is 0 Å². The first kappa shape index (κ1) is 18.4. The predicted octanol–water partition coefficient (Wildman–Crippen LogP) is 4.24. The number of carbonyl (C=O) groups excluding carboxylic acids is 1. The summed E-state index contributed by atoms with van der Waals surface area (Å²) in [6.45, 7) is 0. The van der Waals surface area contributed by atoms with Crippen molar-refractivity contribution in [2.45, 2.75) is 55.0 Å². The van der Waals surface area contributed by atoms with Gasteiger partial charge >= 0.3 is 0 Å². The zero-order chi connectivity index (χ0) is 18.5. The first-order valence-corrected chi connectivity index (χ1v) is 11.0. The van der Waals surface area contributed by atoms with Gasteiger partial charge in [0.1, 0.15) is 0 Å². The summed E-state index contributed by atoms with van der Waals surface area (Å²) in [7, 11) is 0. The van der Waals surface area contributed by atoms with E-state index >= 15 is 0 Å². The van der Waals surface area contributed by atoms with Crippen molar-refractivity contribution in [2.75, 3.05) is 0 Å². The Kier molecular flexibility index (Phi) is 5.99. The highest BCUT2D eigenvalue weighted by Crippen LogP contribution is 2.31. The molecule has 0 spiro atoms. The molecule has 0 atom stereocenters. The van der Waals surface area contributed by atoms with Crippen molar-refractivity contribution >= 4 is 39.2 Å². The lowest BCUT2D eigenvalue weighted by atomic mass is 9.95. The number of nitrogens with one attached hydrogen (secondary N) is 1. The van der Waals surface area contributed by atoms with E-state index in [2.05, 4.69) is 26.3 Å². The van der Waals surface area contributed by atoms with E-state index in [1.54, 1.807) is 35.5 Å². The smallest absolute Gasteiger partial charge is 0.220 e. The number of aryl methyl sites for hydroxylation is 1. The fourth-order valence-electron chi connectivity index (χ4n) is 3.37. The predicted molar refractivity (Wildman–Crippen MR) is 110 cm³/mol. The van der Waals surface area contributed by atoms with E-state index in [4.69, 9.17) is 0 Å². The molecule has 2 heterocycles. The van der Waals surface area contributed by atoms with Gasteiger partial charge in [-0.15, -0.1) is 11.3 Å². The summed E-state index contributed by atoms with van der Waals surface area (Å²) in [6, 6.07) is 10.2. The Balaban J connectivity index is 1.20. The number of hydrogen-bond donors (Lipinski definition) is 1. The summed E-state index contributed by atoms with van der Waals surface area (Å²) in [5, 5.41) is 5.63. The van der Waals surface area contributed by atoms with E-state index in [1.807, 2.05) is 24.3 Å². The molecule has 1 aromatic carbocycles. The molecule has 140 valence electrons. The number of nitrogens with zero attached hydrogens (tertiary/aromatic N) is 3. The van der Waals surface area contributed by atoms with Crippen molar-refractivity contribution < 1.29 is 4.79 Å². The Morgan fingerprint density at radius 1 is 1.11 bits per heavy atom. The third-order valence-corrected chi connectivity index (χ3v) is 7.08. The lowest BCUT2D eigenvalue weighted by Crippen LogP contribution is -2.38. The molecule has 0 radical (unpaired) electrons. The van der Waals surface area contributed by atoms with Gasteiger partial charge in [-0.1, -0.05) is 23.9 Å². The normalized spacial score (nSPS) is 19.9. The average Bonchev–Trinajstić information content (AvgIpc) is 3.12. The molecule has 7 heteroatoms. The van der Waals surface area contributed by atoms with Gasteiger partial charge in [-0.3, -0.25) is 4.79 Å². The molecule has 1 N–H and O–H groups in total. The van der Waals surface area contributed by atoms with Crippen LogP contribution in [0, 0.1) is 0 Å². The summed E-state index contributed by atoms with van der Waals surface area (Å²) in [5.74, 6) is 0.136. The van der Waals surface area contributed by atoms with E-state index < -0.39 is 0 Å². The number of thioether (sulfide) groups is 1. The standard InChI is InChI=1S/C20H22N4OS2/c25-18(10-11-19-24-16-4-1-2-5-17(16)27-19)23-14-6-8-15(9-7-14)26-20-21-12-3-13-22-20/h1-5,12-15H,6-11H2,(H,23,25). The number of rotatable bonds is 6. The molecule has 1 fully saturated rings. The monoisotopic (exact) mass is 398 g/mol. The van der Waals surface area contributed by atoms with Gasteiger partial charge in [0.2, 0.25) is 5.91 Å². The van der Waals surface area contributed by atoms with E-state index in [0.717, 1.165) is 41.4 Å². The number of fused-ring (bicyclic) bond motifs is 1. The zero-order valence-electron chi connectivity index (χ0n) is 15.0. The molecular weight excluding hydrogens is 376 g/mol. The first-order valence-electron chi connectivity index (χ1n) is 9.34. The molecule has 1 aliphatic rings. The van der Waals surface area contributed by atoms with Crippen LogP contribution in [-0.4, -0.2) is 32.2 Å². The van der Waals surface area contributed by atoms with Crippen molar-refractivity contribution in [3.05, 3.63) is 47.7 Å². The van der Waals surface area contributed by atoms with Gasteiger partial charge in [0.15, 0.2) is 5.16 Å². The summed E-state index contributed by atoms with van der Waals surface area (Å²) in [4.78, 5) is 25.5. The fraction of sp³-hybridized carbons (Fsp3) is 0.400. The van der Waals surface area contributed by atoms with Crippen LogP contribution in [0.4, 0.5) is 0 Å². The molecule has 0 saturated heterocycles. The Morgan fingerprint density at radius 2 is 1.89 bits per heavy atom. The van der Waals surface area contributed by atoms with Crippen molar-refractivity contribution in [2.24, 2.45) is 0 Å². The van der Waals surface area contributed by atoms with Crippen LogP contribution in [0.2, 0.25) is 0 Å². The lowest BCUT2D eigenvalue weighted by Gasteiger charge is -2.28. The largest absolute Gasteiger partial charge is 0.353 e. The van der Waals surface area contributed by atoms with Crippen LogP contribution in [0.5, 0.6) is 0 Å². The van der Waals surface area contributed by atoms with Crippen LogP contribution in [0.1, 0.15) is 37.1 Å². The number of aromatic nitrogens is 3. The Bertz CT molecular complexity index is 858. The second-order valence-corrected chi connectivity index (χ2v) is 9.15. The van der Waals surface area contributed by atoms with E-state index in [-0.39, 0.29) is 5.91 Å². The molecule has 2 aromatic heterocycles. The number of para-hydroxylation sites is 1. The maximum Gasteiger partial charge on any atom is 0.220 e. The Hall–Kier alpha value is -1.99. The van der Waals surface area contributed by atoms with Gasteiger partial charge < -0.3 is 5.32 Å².